The summed E-state index contributed by atoms with van der Waals surface area (Å²) in [6, 6.07) is 0. The van der Waals surface area contributed by atoms with Crippen LogP contribution in [0.3, 0.4) is 0 Å². The third-order valence-electron chi connectivity index (χ3n) is 1.61. The van der Waals surface area contributed by atoms with Gasteiger partial charge in [-0.25, -0.2) is 4.98 Å². The summed E-state index contributed by atoms with van der Waals surface area (Å²) in [6.07, 6.45) is 1.98. The maximum absolute atomic E-state index is 4.96. The second kappa shape index (κ2) is 3.97. The Bertz CT molecular complexity index is 382. The minimum absolute atomic E-state index is 0.411. The molecular formula is C7H9N5O2. The molecule has 2 aromatic heterocycles. The van der Waals surface area contributed by atoms with E-state index < -0.39 is 0 Å². The molecule has 0 radical (unpaired) electrons. The summed E-state index contributed by atoms with van der Waals surface area (Å²) in [5, 5.41) is 10.1. The summed E-state index contributed by atoms with van der Waals surface area (Å²) in [6.45, 7) is 0.554. The fourth-order valence-electron chi connectivity index (χ4n) is 0.955. The molecule has 0 spiro atoms. The Hall–Kier alpha value is -1.76. The number of hydrogen-bond acceptors (Lipinski definition) is 6. The molecule has 0 amide bonds. The van der Waals surface area contributed by atoms with Gasteiger partial charge in [0, 0.05) is 7.11 Å². The molecular weight excluding hydrogens is 186 g/mol. The molecule has 2 rings (SSSR count). The zero-order valence-corrected chi connectivity index (χ0v) is 7.60. The lowest BCUT2D eigenvalue weighted by atomic mass is 10.4. The number of H-pyrrole nitrogens is 1. The van der Waals surface area contributed by atoms with E-state index in [0.29, 0.717) is 30.6 Å². The van der Waals surface area contributed by atoms with Gasteiger partial charge in [-0.2, -0.15) is 10.1 Å². The molecule has 2 heterocycles. The minimum atomic E-state index is 0.411. The highest BCUT2D eigenvalue weighted by Gasteiger charge is 2.09. The summed E-state index contributed by atoms with van der Waals surface area (Å²) < 4.78 is 9.84. The van der Waals surface area contributed by atoms with Crippen LogP contribution >= 0.6 is 0 Å². The van der Waals surface area contributed by atoms with Crippen LogP contribution in [0.4, 0.5) is 0 Å². The molecule has 0 atom stereocenters. The van der Waals surface area contributed by atoms with E-state index in [-0.39, 0.29) is 0 Å². The Morgan fingerprint density at radius 3 is 3.21 bits per heavy atom. The molecule has 0 bridgehead atoms. The van der Waals surface area contributed by atoms with Crippen LogP contribution in [0.2, 0.25) is 0 Å². The molecule has 0 fully saturated rings. The molecule has 2 aromatic rings. The average Bonchev–Trinajstić information content (AvgIpc) is 2.85. The second-order valence-corrected chi connectivity index (χ2v) is 2.59. The maximum atomic E-state index is 4.96. The monoisotopic (exact) mass is 195 g/mol. The fraction of sp³-hybridized carbons (Fsp3) is 0.429. The lowest BCUT2D eigenvalue weighted by molar-refractivity contribution is 0.192. The number of aromatic nitrogens is 5. The number of aromatic amines is 1. The fourth-order valence-corrected chi connectivity index (χ4v) is 0.955. The number of nitrogens with one attached hydrogen (secondary N) is 1. The zero-order valence-electron chi connectivity index (χ0n) is 7.60. The molecule has 7 heteroatoms. The van der Waals surface area contributed by atoms with Gasteiger partial charge in [0.25, 0.3) is 0 Å². The summed E-state index contributed by atoms with van der Waals surface area (Å²) in [5.41, 5.74) is 0. The van der Waals surface area contributed by atoms with E-state index in [1.807, 2.05) is 0 Å². The summed E-state index contributed by atoms with van der Waals surface area (Å²) in [7, 11) is 1.62. The van der Waals surface area contributed by atoms with E-state index in [4.69, 9.17) is 9.26 Å². The molecule has 0 aliphatic carbocycles. The van der Waals surface area contributed by atoms with Crippen molar-refractivity contribution in [2.75, 3.05) is 13.7 Å². The second-order valence-electron chi connectivity index (χ2n) is 2.59. The standard InChI is InChI=1S/C7H9N5O2/c1-13-3-2-5-10-7(12-14-5)6-8-4-9-11-6/h4H,2-3H2,1H3,(H,8,9,11). The van der Waals surface area contributed by atoms with Crippen LogP contribution in [0.15, 0.2) is 10.9 Å². The van der Waals surface area contributed by atoms with Gasteiger partial charge in [-0.3, -0.25) is 5.10 Å². The van der Waals surface area contributed by atoms with Gasteiger partial charge in [-0.1, -0.05) is 5.16 Å². The Kier molecular flexibility index (Phi) is 2.50. The summed E-state index contributed by atoms with van der Waals surface area (Å²) in [5.74, 6) is 1.43. The van der Waals surface area contributed by atoms with Gasteiger partial charge in [0.15, 0.2) is 5.82 Å². The van der Waals surface area contributed by atoms with Crippen molar-refractivity contribution in [2.24, 2.45) is 0 Å². The molecule has 7 nitrogen and oxygen atoms in total. The average molecular weight is 195 g/mol. The van der Waals surface area contributed by atoms with E-state index in [1.54, 1.807) is 7.11 Å². The number of ether oxygens (including phenoxy) is 1. The molecule has 14 heavy (non-hydrogen) atoms. The van der Waals surface area contributed by atoms with Gasteiger partial charge in [0.2, 0.25) is 11.7 Å². The third kappa shape index (κ3) is 1.77. The predicted octanol–water partition coefficient (Wildman–Crippen LogP) is 0.0436. The minimum Gasteiger partial charge on any atom is -0.384 e. The highest BCUT2D eigenvalue weighted by molar-refractivity contribution is 5.39. The van der Waals surface area contributed by atoms with Crippen LogP contribution in [0, 0.1) is 0 Å². The van der Waals surface area contributed by atoms with Crippen LogP contribution < -0.4 is 0 Å². The van der Waals surface area contributed by atoms with Gasteiger partial charge >= 0.3 is 0 Å². The highest BCUT2D eigenvalue weighted by atomic mass is 16.5. The van der Waals surface area contributed by atoms with Crippen molar-refractivity contribution < 1.29 is 9.26 Å². The van der Waals surface area contributed by atoms with Crippen molar-refractivity contribution in [2.45, 2.75) is 6.42 Å². The smallest absolute Gasteiger partial charge is 0.239 e. The topological polar surface area (TPSA) is 89.7 Å². The normalized spacial score (nSPS) is 10.6. The van der Waals surface area contributed by atoms with Gasteiger partial charge in [0.1, 0.15) is 6.33 Å². The van der Waals surface area contributed by atoms with Gasteiger partial charge in [0.05, 0.1) is 13.0 Å². The molecule has 0 aliphatic heterocycles. The van der Waals surface area contributed by atoms with Crippen molar-refractivity contribution in [3.8, 4) is 11.6 Å². The van der Waals surface area contributed by atoms with E-state index in [2.05, 4.69) is 25.3 Å². The lowest BCUT2D eigenvalue weighted by Gasteiger charge is -1.90. The summed E-state index contributed by atoms with van der Waals surface area (Å²) >= 11 is 0. The molecule has 0 saturated carbocycles. The van der Waals surface area contributed by atoms with Gasteiger partial charge in [-0.15, -0.1) is 0 Å². The molecule has 0 unspecified atom stereocenters. The first-order valence-electron chi connectivity index (χ1n) is 4.07. The number of nitrogens with zero attached hydrogens (tertiary/aromatic N) is 4. The maximum Gasteiger partial charge on any atom is 0.239 e. The van der Waals surface area contributed by atoms with E-state index in [9.17, 15) is 0 Å². The highest BCUT2D eigenvalue weighted by Crippen LogP contribution is 2.08. The summed E-state index contributed by atoms with van der Waals surface area (Å²) in [4.78, 5) is 8.00. The van der Waals surface area contributed by atoms with Gasteiger partial charge < -0.3 is 9.26 Å². The zero-order chi connectivity index (χ0) is 9.80. The largest absolute Gasteiger partial charge is 0.384 e. The number of rotatable bonds is 4. The van der Waals surface area contributed by atoms with Crippen molar-refractivity contribution in [3.05, 3.63) is 12.2 Å². The molecule has 0 aliphatic rings. The first-order chi connectivity index (χ1) is 6.90. The van der Waals surface area contributed by atoms with Crippen molar-refractivity contribution in [3.63, 3.8) is 0 Å². The Morgan fingerprint density at radius 2 is 2.50 bits per heavy atom. The number of hydrogen-bond donors (Lipinski definition) is 1. The first kappa shape index (κ1) is 8.82. The quantitative estimate of drug-likeness (QED) is 0.741. The first-order valence-corrected chi connectivity index (χ1v) is 4.07. The van der Waals surface area contributed by atoms with E-state index in [0.717, 1.165) is 0 Å². The third-order valence-corrected chi connectivity index (χ3v) is 1.61. The number of methoxy groups -OCH3 is 1. The Morgan fingerprint density at radius 1 is 1.57 bits per heavy atom. The van der Waals surface area contributed by atoms with Crippen LogP contribution in [0.25, 0.3) is 11.6 Å². The SMILES string of the molecule is COCCc1nc(-c2ncn[nH]2)no1. The Labute approximate surface area is 79.5 Å². The van der Waals surface area contributed by atoms with Crippen LogP contribution in [0.5, 0.6) is 0 Å². The molecule has 74 valence electrons. The molecule has 0 saturated heterocycles. The van der Waals surface area contributed by atoms with E-state index >= 15 is 0 Å². The van der Waals surface area contributed by atoms with Gasteiger partial charge in [-0.05, 0) is 0 Å². The van der Waals surface area contributed by atoms with Crippen LogP contribution in [0.1, 0.15) is 5.89 Å². The van der Waals surface area contributed by atoms with E-state index in [1.165, 1.54) is 6.33 Å². The molecule has 0 aromatic carbocycles. The predicted molar refractivity (Wildman–Crippen MR) is 45.3 cm³/mol. The lowest BCUT2D eigenvalue weighted by Crippen LogP contribution is -1.94. The van der Waals surface area contributed by atoms with Crippen molar-refractivity contribution in [1.29, 1.82) is 0 Å². The molecule has 1 N–H and O–H groups in total. The van der Waals surface area contributed by atoms with Crippen LogP contribution in [-0.2, 0) is 11.2 Å². The Balaban J connectivity index is 2.10. The van der Waals surface area contributed by atoms with Crippen LogP contribution in [-0.4, -0.2) is 39.0 Å². The van der Waals surface area contributed by atoms with Crippen molar-refractivity contribution in [1.82, 2.24) is 25.3 Å². The van der Waals surface area contributed by atoms with Crippen molar-refractivity contribution >= 4 is 0 Å².